The molecule has 2 rings (SSSR count). The molecule has 15 heavy (non-hydrogen) atoms. The van der Waals surface area contributed by atoms with Crippen molar-refractivity contribution in [3.63, 3.8) is 0 Å². The summed E-state index contributed by atoms with van der Waals surface area (Å²) in [5, 5.41) is 10.1. The van der Waals surface area contributed by atoms with Gasteiger partial charge >= 0.3 is 0 Å². The molecule has 1 aromatic rings. The third-order valence-corrected chi connectivity index (χ3v) is 2.80. The van der Waals surface area contributed by atoms with Crippen molar-refractivity contribution < 1.29 is 12.6 Å². The lowest BCUT2D eigenvalue weighted by molar-refractivity contribution is -0.0851. The van der Waals surface area contributed by atoms with Gasteiger partial charge in [-0.05, 0) is 31.7 Å². The molecule has 0 aromatic heterocycles. The fourth-order valence-electron chi connectivity index (χ4n) is 1.80. The Morgan fingerprint density at radius 2 is 2.27 bits per heavy atom. The summed E-state index contributed by atoms with van der Waals surface area (Å²) in [6.45, 7) is 2.06. The average Bonchev–Trinajstić information content (AvgIpc) is 2.45. The van der Waals surface area contributed by atoms with Crippen molar-refractivity contribution in [2.24, 2.45) is 0 Å². The summed E-state index contributed by atoms with van der Waals surface area (Å²) in [6.07, 6.45) is -1.37. The van der Waals surface area contributed by atoms with Crippen LogP contribution in [0.2, 0.25) is 0 Å². The van der Waals surface area contributed by atoms with Crippen LogP contribution in [0.1, 0.15) is 34.4 Å². The summed E-state index contributed by atoms with van der Waals surface area (Å²) in [5.41, 5.74) is -0.0334. The molecule has 1 aliphatic carbocycles. The Kier molecular flexibility index (Phi) is 2.40. The van der Waals surface area contributed by atoms with E-state index in [2.05, 4.69) is 0 Å². The van der Waals surface area contributed by atoms with E-state index in [0.717, 1.165) is 5.56 Å². The van der Waals surface area contributed by atoms with Gasteiger partial charge in [-0.3, -0.25) is 0 Å². The lowest BCUT2D eigenvalue weighted by atomic mass is 10.0. The van der Waals surface area contributed by atoms with Crippen molar-refractivity contribution in [1.82, 2.24) is 0 Å². The largest absolute Gasteiger partial charge is 0.387 e. The number of rotatable bonds is 3. The van der Waals surface area contributed by atoms with Crippen molar-refractivity contribution in [3.05, 3.63) is 35.9 Å². The van der Waals surface area contributed by atoms with Crippen LogP contribution >= 0.6 is 0 Å². The van der Waals surface area contributed by atoms with Crippen LogP contribution in [-0.2, 0) is 11.3 Å². The lowest BCUT2D eigenvalue weighted by Crippen LogP contribution is -2.35. The lowest BCUT2D eigenvalue weighted by Gasteiger charge is -2.25. The van der Waals surface area contributed by atoms with E-state index in [1.807, 2.05) is 30.3 Å². The third kappa shape index (κ3) is 2.58. The molecular formula is C13H18O2. The summed E-state index contributed by atoms with van der Waals surface area (Å²) in [6, 6.07) is 9.72. The first-order chi connectivity index (χ1) is 7.89. The first-order valence-corrected chi connectivity index (χ1v) is 5.27. The second-order valence-corrected chi connectivity index (χ2v) is 4.27. The summed E-state index contributed by atoms with van der Waals surface area (Å²) in [4.78, 5) is 0. The molecule has 0 heterocycles. The van der Waals surface area contributed by atoms with Crippen LogP contribution < -0.4 is 0 Å². The van der Waals surface area contributed by atoms with Gasteiger partial charge in [-0.25, -0.2) is 0 Å². The van der Waals surface area contributed by atoms with Crippen LogP contribution in [0.3, 0.4) is 0 Å². The van der Waals surface area contributed by atoms with Crippen LogP contribution in [0, 0.1) is 0 Å². The van der Waals surface area contributed by atoms with Crippen molar-refractivity contribution in [3.8, 4) is 0 Å². The molecular weight excluding hydrogens is 188 g/mol. The van der Waals surface area contributed by atoms with E-state index >= 15 is 0 Å². The van der Waals surface area contributed by atoms with E-state index in [1.54, 1.807) is 6.92 Å². The number of aliphatic hydroxyl groups is 1. The Bertz CT molecular complexity index is 376. The monoisotopic (exact) mass is 208 g/mol. The summed E-state index contributed by atoms with van der Waals surface area (Å²) < 4.78 is 21.0. The molecule has 82 valence electrons. The van der Waals surface area contributed by atoms with Gasteiger partial charge in [0.25, 0.3) is 0 Å². The maximum atomic E-state index is 10.1. The van der Waals surface area contributed by atoms with Gasteiger partial charge in [-0.1, -0.05) is 30.3 Å². The Morgan fingerprint density at radius 1 is 1.53 bits per heavy atom. The minimum atomic E-state index is -1.33. The maximum absolute atomic E-state index is 10.1. The molecule has 0 aliphatic heterocycles. The molecule has 2 nitrogen and oxygen atoms in total. The predicted octanol–water partition coefficient (Wildman–Crippen LogP) is 2.51. The van der Waals surface area contributed by atoms with E-state index in [1.165, 1.54) is 0 Å². The van der Waals surface area contributed by atoms with E-state index in [9.17, 15) is 5.11 Å². The second kappa shape index (κ2) is 4.33. The average molecular weight is 208 g/mol. The zero-order chi connectivity index (χ0) is 12.5. The Morgan fingerprint density at radius 3 is 2.87 bits per heavy atom. The fourth-order valence-corrected chi connectivity index (χ4v) is 1.80. The molecule has 0 bridgehead atoms. The number of hydrogen-bond acceptors (Lipinski definition) is 2. The number of ether oxygens (including phenoxy) is 1. The number of hydrogen-bond donors (Lipinski definition) is 1. The quantitative estimate of drug-likeness (QED) is 0.827. The summed E-state index contributed by atoms with van der Waals surface area (Å²) >= 11 is 0. The normalized spacial score (nSPS) is 36.0. The van der Waals surface area contributed by atoms with Crippen molar-refractivity contribution in [2.45, 2.75) is 44.5 Å². The van der Waals surface area contributed by atoms with Gasteiger partial charge in [0, 0.05) is 2.74 Å². The third-order valence-electron chi connectivity index (χ3n) is 2.80. The molecule has 1 aromatic carbocycles. The first-order valence-electron chi connectivity index (χ1n) is 6.27. The molecule has 2 heteroatoms. The smallest absolute Gasteiger partial charge is 0.0880 e. The van der Waals surface area contributed by atoms with Gasteiger partial charge in [0.05, 0.1) is 18.3 Å². The molecule has 0 radical (unpaired) electrons. The van der Waals surface area contributed by atoms with E-state index in [-0.39, 0.29) is 12.8 Å². The van der Waals surface area contributed by atoms with Gasteiger partial charge in [0.1, 0.15) is 0 Å². The van der Waals surface area contributed by atoms with Crippen molar-refractivity contribution in [2.75, 3.05) is 0 Å². The molecule has 2 atom stereocenters. The molecule has 0 unspecified atom stereocenters. The van der Waals surface area contributed by atoms with E-state index < -0.39 is 18.1 Å². The van der Waals surface area contributed by atoms with Crippen LogP contribution in [0.15, 0.2) is 30.3 Å². The molecule has 1 aliphatic rings. The standard InChI is InChI=1S/C13H18O2/c1-13(14)9-5-8-12(13)15-10-11-6-3-2-4-7-11/h2-4,6-7,12,14H,5,8-10H2,1H3/t12-,13+/m0/s1/i5D2. The SMILES string of the molecule is [2H]C1([2H])C[C@H](OCc2ccccc2)[C@](C)(O)C1. The highest BCUT2D eigenvalue weighted by Crippen LogP contribution is 2.32. The van der Waals surface area contributed by atoms with Crippen LogP contribution in [0.4, 0.5) is 0 Å². The molecule has 1 saturated carbocycles. The topological polar surface area (TPSA) is 29.5 Å². The van der Waals surface area contributed by atoms with Crippen molar-refractivity contribution in [1.29, 1.82) is 0 Å². The van der Waals surface area contributed by atoms with E-state index in [4.69, 9.17) is 7.48 Å². The highest BCUT2D eigenvalue weighted by Gasteiger charge is 2.37. The minimum absolute atomic E-state index is 0.138. The summed E-state index contributed by atoms with van der Waals surface area (Å²) in [5.74, 6) is 0. The Balaban J connectivity index is 1.96. The maximum Gasteiger partial charge on any atom is 0.0880 e. The Hall–Kier alpha value is -0.860. The van der Waals surface area contributed by atoms with Crippen LogP contribution in [0.5, 0.6) is 0 Å². The molecule has 0 saturated heterocycles. The zero-order valence-electron chi connectivity index (χ0n) is 10.9. The molecule has 1 fully saturated rings. The fraction of sp³-hybridized carbons (Fsp3) is 0.538. The Labute approximate surface area is 93.7 Å². The van der Waals surface area contributed by atoms with Gasteiger partial charge in [0.15, 0.2) is 0 Å². The van der Waals surface area contributed by atoms with Crippen molar-refractivity contribution >= 4 is 0 Å². The molecule has 0 spiro atoms. The zero-order valence-corrected chi connectivity index (χ0v) is 8.94. The predicted molar refractivity (Wildman–Crippen MR) is 59.5 cm³/mol. The van der Waals surface area contributed by atoms with Gasteiger partial charge in [-0.2, -0.15) is 0 Å². The first kappa shape index (κ1) is 8.31. The minimum Gasteiger partial charge on any atom is -0.387 e. The molecule has 1 N–H and O–H groups in total. The van der Waals surface area contributed by atoms with E-state index in [0.29, 0.717) is 6.61 Å². The highest BCUT2D eigenvalue weighted by molar-refractivity contribution is 5.13. The highest BCUT2D eigenvalue weighted by atomic mass is 16.5. The number of benzene rings is 1. The van der Waals surface area contributed by atoms with Crippen LogP contribution in [0.25, 0.3) is 0 Å². The van der Waals surface area contributed by atoms with Gasteiger partial charge in [0.2, 0.25) is 0 Å². The van der Waals surface area contributed by atoms with Gasteiger partial charge in [-0.15, -0.1) is 0 Å². The van der Waals surface area contributed by atoms with Crippen LogP contribution in [-0.4, -0.2) is 16.8 Å². The second-order valence-electron chi connectivity index (χ2n) is 4.27. The molecule has 0 amide bonds. The van der Waals surface area contributed by atoms with Gasteiger partial charge < -0.3 is 9.84 Å². The summed E-state index contributed by atoms with van der Waals surface area (Å²) in [7, 11) is 0.